The lowest BCUT2D eigenvalue weighted by Crippen LogP contribution is -2.22. The highest BCUT2D eigenvalue weighted by Gasteiger charge is 2.10. The molecular weight excluding hydrogens is 282 g/mol. The molecule has 0 aliphatic carbocycles. The van der Waals surface area contributed by atoms with Gasteiger partial charge in [0.15, 0.2) is 5.65 Å². The lowest BCUT2D eigenvalue weighted by Gasteiger charge is -2.12. The summed E-state index contributed by atoms with van der Waals surface area (Å²) < 4.78 is 0. The molecule has 0 spiro atoms. The largest absolute Gasteiger partial charge is 0.341 e. The Kier molecular flexibility index (Phi) is 4.17. The van der Waals surface area contributed by atoms with Crippen molar-refractivity contribution in [2.45, 2.75) is 36.4 Å². The van der Waals surface area contributed by atoms with Gasteiger partial charge < -0.3 is 10.3 Å². The van der Waals surface area contributed by atoms with Crippen LogP contribution in [0.5, 0.6) is 0 Å². The molecule has 0 saturated carbocycles. The zero-order valence-electron chi connectivity index (χ0n) is 12.0. The molecule has 0 aliphatic rings. The van der Waals surface area contributed by atoms with Crippen LogP contribution in [0.3, 0.4) is 0 Å². The fourth-order valence-corrected chi connectivity index (χ4v) is 2.97. The Morgan fingerprint density at radius 3 is 2.90 bits per heavy atom. The van der Waals surface area contributed by atoms with Crippen LogP contribution in [0.4, 0.5) is 0 Å². The SMILES string of the molecule is CC(C)NCc1ccccc1Sc1ncnc2nc[nH]c12. The number of aromatic nitrogens is 4. The maximum atomic E-state index is 4.37. The number of aromatic amines is 1. The Bertz CT molecular complexity index is 738. The zero-order chi connectivity index (χ0) is 14.7. The molecule has 0 atom stereocenters. The Balaban J connectivity index is 1.89. The second-order valence-electron chi connectivity index (χ2n) is 5.03. The van der Waals surface area contributed by atoms with Crippen molar-refractivity contribution in [2.24, 2.45) is 0 Å². The van der Waals surface area contributed by atoms with E-state index in [0.717, 1.165) is 17.1 Å². The van der Waals surface area contributed by atoms with Gasteiger partial charge in [-0.15, -0.1) is 0 Å². The first-order valence-corrected chi connectivity index (χ1v) is 7.69. The van der Waals surface area contributed by atoms with Crippen LogP contribution in [0, 0.1) is 0 Å². The number of benzene rings is 1. The fourth-order valence-electron chi connectivity index (χ4n) is 1.99. The minimum absolute atomic E-state index is 0.460. The van der Waals surface area contributed by atoms with Crippen molar-refractivity contribution < 1.29 is 0 Å². The molecule has 3 aromatic rings. The van der Waals surface area contributed by atoms with E-state index in [1.54, 1.807) is 24.4 Å². The molecule has 0 amide bonds. The first kappa shape index (κ1) is 14.0. The van der Waals surface area contributed by atoms with E-state index in [1.165, 1.54) is 10.5 Å². The second-order valence-corrected chi connectivity index (χ2v) is 6.06. The quantitative estimate of drug-likeness (QED) is 0.709. The van der Waals surface area contributed by atoms with Gasteiger partial charge in [-0.05, 0) is 11.6 Å². The summed E-state index contributed by atoms with van der Waals surface area (Å²) in [5.74, 6) is 0. The molecule has 108 valence electrons. The number of imidazole rings is 1. The molecule has 0 bridgehead atoms. The standard InChI is InChI=1S/C15H17N5S/c1-10(2)16-7-11-5-3-4-6-12(11)21-15-13-14(18-8-17-13)19-9-20-15/h3-6,8-10,16H,7H2,1-2H3,(H,17,18,19,20). The third kappa shape index (κ3) is 3.22. The van der Waals surface area contributed by atoms with Crippen LogP contribution in [-0.4, -0.2) is 26.0 Å². The molecule has 2 heterocycles. The lowest BCUT2D eigenvalue weighted by molar-refractivity contribution is 0.585. The summed E-state index contributed by atoms with van der Waals surface area (Å²) in [5.41, 5.74) is 2.85. The second kappa shape index (κ2) is 6.24. The fraction of sp³-hybridized carbons (Fsp3) is 0.267. The summed E-state index contributed by atoms with van der Waals surface area (Å²) in [6, 6.07) is 8.83. The van der Waals surface area contributed by atoms with E-state index in [4.69, 9.17) is 0 Å². The van der Waals surface area contributed by atoms with Gasteiger partial charge in [0.2, 0.25) is 0 Å². The predicted octanol–water partition coefficient (Wildman–Crippen LogP) is 3.00. The van der Waals surface area contributed by atoms with Gasteiger partial charge in [0.25, 0.3) is 0 Å². The molecule has 21 heavy (non-hydrogen) atoms. The Labute approximate surface area is 127 Å². The molecule has 0 fully saturated rings. The van der Waals surface area contributed by atoms with Gasteiger partial charge in [0.05, 0.1) is 6.33 Å². The van der Waals surface area contributed by atoms with Crippen molar-refractivity contribution in [3.8, 4) is 0 Å². The van der Waals surface area contributed by atoms with Gasteiger partial charge in [0, 0.05) is 17.5 Å². The van der Waals surface area contributed by atoms with Gasteiger partial charge in [-0.25, -0.2) is 15.0 Å². The highest BCUT2D eigenvalue weighted by atomic mass is 32.2. The van der Waals surface area contributed by atoms with Crippen molar-refractivity contribution in [3.63, 3.8) is 0 Å². The number of nitrogens with one attached hydrogen (secondary N) is 2. The number of hydrogen-bond acceptors (Lipinski definition) is 5. The Morgan fingerprint density at radius 2 is 2.05 bits per heavy atom. The third-order valence-corrected chi connectivity index (χ3v) is 4.19. The highest BCUT2D eigenvalue weighted by Crippen LogP contribution is 2.31. The molecule has 0 aliphatic heterocycles. The number of H-pyrrole nitrogens is 1. The molecule has 0 radical (unpaired) electrons. The summed E-state index contributed by atoms with van der Waals surface area (Å²) in [5, 5.41) is 4.35. The number of nitrogens with zero attached hydrogens (tertiary/aromatic N) is 3. The predicted molar refractivity (Wildman–Crippen MR) is 84.2 cm³/mol. The summed E-state index contributed by atoms with van der Waals surface area (Å²) in [7, 11) is 0. The molecule has 5 nitrogen and oxygen atoms in total. The lowest BCUT2D eigenvalue weighted by atomic mass is 10.2. The van der Waals surface area contributed by atoms with Crippen LogP contribution in [-0.2, 0) is 6.54 Å². The Morgan fingerprint density at radius 1 is 1.19 bits per heavy atom. The van der Waals surface area contributed by atoms with E-state index in [2.05, 4.69) is 57.3 Å². The summed E-state index contributed by atoms with van der Waals surface area (Å²) in [6.07, 6.45) is 3.20. The highest BCUT2D eigenvalue weighted by molar-refractivity contribution is 7.99. The van der Waals surface area contributed by atoms with Crippen LogP contribution in [0.25, 0.3) is 11.2 Å². The van der Waals surface area contributed by atoms with Crippen molar-refractivity contribution >= 4 is 22.9 Å². The Hall–Kier alpha value is -1.92. The first-order chi connectivity index (χ1) is 10.2. The maximum absolute atomic E-state index is 4.37. The smallest absolute Gasteiger partial charge is 0.181 e. The van der Waals surface area contributed by atoms with Crippen LogP contribution < -0.4 is 5.32 Å². The molecule has 2 aromatic heterocycles. The van der Waals surface area contributed by atoms with Gasteiger partial charge in [-0.1, -0.05) is 43.8 Å². The van der Waals surface area contributed by atoms with Crippen LogP contribution in [0.1, 0.15) is 19.4 Å². The molecule has 2 N–H and O–H groups in total. The van der Waals surface area contributed by atoms with Gasteiger partial charge in [-0.3, -0.25) is 0 Å². The summed E-state index contributed by atoms with van der Waals surface area (Å²) in [6.45, 7) is 5.14. The monoisotopic (exact) mass is 299 g/mol. The molecule has 0 saturated heterocycles. The van der Waals surface area contributed by atoms with Crippen molar-refractivity contribution in [3.05, 3.63) is 42.5 Å². The maximum Gasteiger partial charge on any atom is 0.181 e. The van der Waals surface area contributed by atoms with Crippen molar-refractivity contribution in [1.29, 1.82) is 0 Å². The first-order valence-electron chi connectivity index (χ1n) is 6.87. The van der Waals surface area contributed by atoms with E-state index in [-0.39, 0.29) is 0 Å². The normalized spacial score (nSPS) is 11.4. The van der Waals surface area contributed by atoms with E-state index in [0.29, 0.717) is 11.7 Å². The van der Waals surface area contributed by atoms with Crippen LogP contribution in [0.2, 0.25) is 0 Å². The average Bonchev–Trinajstić information content (AvgIpc) is 2.96. The molecule has 0 unspecified atom stereocenters. The van der Waals surface area contributed by atoms with Gasteiger partial charge >= 0.3 is 0 Å². The molecule has 6 heteroatoms. The van der Waals surface area contributed by atoms with Gasteiger partial charge in [0.1, 0.15) is 16.9 Å². The molecule has 1 aromatic carbocycles. The summed E-state index contributed by atoms with van der Waals surface area (Å²) in [4.78, 5) is 17.0. The molecular formula is C15H17N5S. The third-order valence-electron chi connectivity index (χ3n) is 3.07. The molecule has 3 rings (SSSR count). The van der Waals surface area contributed by atoms with Gasteiger partial charge in [-0.2, -0.15) is 0 Å². The van der Waals surface area contributed by atoms with E-state index in [9.17, 15) is 0 Å². The van der Waals surface area contributed by atoms with E-state index >= 15 is 0 Å². The summed E-state index contributed by atoms with van der Waals surface area (Å²) >= 11 is 1.64. The number of fused-ring (bicyclic) bond motifs is 1. The van der Waals surface area contributed by atoms with E-state index < -0.39 is 0 Å². The zero-order valence-corrected chi connectivity index (χ0v) is 12.8. The topological polar surface area (TPSA) is 66.5 Å². The van der Waals surface area contributed by atoms with Crippen LogP contribution >= 0.6 is 11.8 Å². The minimum atomic E-state index is 0.460. The van der Waals surface area contributed by atoms with E-state index in [1.807, 2.05) is 6.07 Å². The van der Waals surface area contributed by atoms with Crippen molar-refractivity contribution in [1.82, 2.24) is 25.3 Å². The number of hydrogen-bond donors (Lipinski definition) is 2. The van der Waals surface area contributed by atoms with Crippen LogP contribution in [0.15, 0.2) is 46.8 Å². The average molecular weight is 299 g/mol. The van der Waals surface area contributed by atoms with Crippen molar-refractivity contribution in [2.75, 3.05) is 0 Å². The number of rotatable bonds is 5. The minimum Gasteiger partial charge on any atom is -0.341 e.